The molecule has 0 aliphatic rings. The zero-order valence-electron chi connectivity index (χ0n) is 9.80. The highest BCUT2D eigenvalue weighted by molar-refractivity contribution is 7.80. The fourth-order valence-corrected chi connectivity index (χ4v) is 1.68. The minimum absolute atomic E-state index is 0.267. The molecule has 0 amide bonds. The molecular formula is C13H12FN3S. The average Bonchev–Trinajstić information content (AvgIpc) is 2.39. The van der Waals surface area contributed by atoms with Crippen LogP contribution in [0.1, 0.15) is 5.56 Å². The maximum Gasteiger partial charge on any atom is 0.133 e. The fourth-order valence-electron chi connectivity index (χ4n) is 1.55. The van der Waals surface area contributed by atoms with Crippen LogP contribution < -0.4 is 10.6 Å². The van der Waals surface area contributed by atoms with Crippen LogP contribution in [0, 0.1) is 5.82 Å². The largest absolute Gasteiger partial charge is 0.389 e. The number of benzene rings is 1. The van der Waals surface area contributed by atoms with Crippen molar-refractivity contribution in [2.45, 2.75) is 0 Å². The average molecular weight is 261 g/mol. The molecule has 0 saturated heterocycles. The monoisotopic (exact) mass is 261 g/mol. The lowest BCUT2D eigenvalue weighted by Crippen LogP contribution is -2.14. The number of hydrogen-bond acceptors (Lipinski definition) is 3. The smallest absolute Gasteiger partial charge is 0.133 e. The summed E-state index contributed by atoms with van der Waals surface area (Å²) in [4.78, 5) is 6.40. The number of thiocarbonyl (C=S) groups is 1. The number of anilines is 2. The molecule has 1 aromatic carbocycles. The molecule has 2 aromatic rings. The van der Waals surface area contributed by atoms with Gasteiger partial charge in [0.05, 0.1) is 0 Å². The van der Waals surface area contributed by atoms with Crippen LogP contribution in [-0.2, 0) is 0 Å². The van der Waals surface area contributed by atoms with E-state index in [1.165, 1.54) is 12.1 Å². The van der Waals surface area contributed by atoms with Gasteiger partial charge in [-0.2, -0.15) is 0 Å². The summed E-state index contributed by atoms with van der Waals surface area (Å²) in [7, 11) is 1.85. The third-order valence-corrected chi connectivity index (χ3v) is 2.82. The van der Waals surface area contributed by atoms with E-state index < -0.39 is 0 Å². The zero-order chi connectivity index (χ0) is 13.1. The summed E-state index contributed by atoms with van der Waals surface area (Å²) >= 11 is 4.92. The van der Waals surface area contributed by atoms with Gasteiger partial charge in [0.25, 0.3) is 0 Å². The Kier molecular flexibility index (Phi) is 3.53. The predicted molar refractivity (Wildman–Crippen MR) is 74.6 cm³/mol. The van der Waals surface area contributed by atoms with Crippen LogP contribution in [0.25, 0.3) is 0 Å². The normalized spacial score (nSPS) is 10.1. The number of hydrogen-bond donors (Lipinski definition) is 1. The van der Waals surface area contributed by atoms with Crippen molar-refractivity contribution < 1.29 is 4.39 Å². The van der Waals surface area contributed by atoms with Gasteiger partial charge < -0.3 is 10.6 Å². The van der Waals surface area contributed by atoms with Crippen molar-refractivity contribution >= 4 is 28.7 Å². The SMILES string of the molecule is CN(c1ccc(F)cc1)c1cc(C(N)=S)ccn1. The van der Waals surface area contributed by atoms with Crippen molar-refractivity contribution in [3.05, 3.63) is 54.0 Å². The van der Waals surface area contributed by atoms with E-state index in [4.69, 9.17) is 18.0 Å². The van der Waals surface area contributed by atoms with Crippen LogP contribution in [0.4, 0.5) is 15.9 Å². The summed E-state index contributed by atoms with van der Waals surface area (Å²) in [5, 5.41) is 0. The Morgan fingerprint density at radius 2 is 1.94 bits per heavy atom. The van der Waals surface area contributed by atoms with E-state index in [1.807, 2.05) is 11.9 Å². The predicted octanol–water partition coefficient (Wildman–Crippen LogP) is 2.62. The van der Waals surface area contributed by atoms with Crippen LogP contribution in [0.2, 0.25) is 0 Å². The Bertz CT molecular complexity index is 569. The summed E-state index contributed by atoms with van der Waals surface area (Å²) in [5.74, 6) is 0.434. The molecule has 0 fully saturated rings. The highest BCUT2D eigenvalue weighted by atomic mass is 32.1. The molecule has 92 valence electrons. The lowest BCUT2D eigenvalue weighted by Gasteiger charge is -2.18. The summed E-state index contributed by atoms with van der Waals surface area (Å²) < 4.78 is 12.9. The van der Waals surface area contributed by atoms with Crippen molar-refractivity contribution in [3.63, 3.8) is 0 Å². The van der Waals surface area contributed by atoms with Gasteiger partial charge in [-0.15, -0.1) is 0 Å². The van der Waals surface area contributed by atoms with Crippen molar-refractivity contribution in [2.24, 2.45) is 5.73 Å². The first-order valence-corrected chi connectivity index (χ1v) is 5.74. The summed E-state index contributed by atoms with van der Waals surface area (Å²) in [6, 6.07) is 9.73. The molecule has 5 heteroatoms. The standard InChI is InChI=1S/C13H12FN3S/c1-17(11-4-2-10(14)3-5-11)12-8-9(13(15)18)6-7-16-12/h2-8H,1H3,(H2,15,18). The summed E-state index contributed by atoms with van der Waals surface area (Å²) in [6.45, 7) is 0. The van der Waals surface area contributed by atoms with Crippen LogP contribution in [-0.4, -0.2) is 17.0 Å². The molecule has 0 bridgehead atoms. The number of halogens is 1. The molecule has 0 atom stereocenters. The molecule has 0 aliphatic heterocycles. The van der Waals surface area contributed by atoms with Crippen molar-refractivity contribution in [3.8, 4) is 0 Å². The molecule has 1 aromatic heterocycles. The highest BCUT2D eigenvalue weighted by Gasteiger charge is 2.07. The molecule has 2 rings (SSSR count). The molecule has 0 unspecified atom stereocenters. The van der Waals surface area contributed by atoms with Crippen LogP contribution >= 0.6 is 12.2 Å². The van der Waals surface area contributed by atoms with Gasteiger partial charge in [0.2, 0.25) is 0 Å². The van der Waals surface area contributed by atoms with Gasteiger partial charge in [-0.1, -0.05) is 12.2 Å². The Hall–Kier alpha value is -2.01. The molecule has 18 heavy (non-hydrogen) atoms. The van der Waals surface area contributed by atoms with Crippen molar-refractivity contribution in [1.82, 2.24) is 4.98 Å². The number of pyridine rings is 1. The fraction of sp³-hybridized carbons (Fsp3) is 0.0769. The second-order valence-corrected chi connectivity index (χ2v) is 4.24. The van der Waals surface area contributed by atoms with Crippen LogP contribution in [0.15, 0.2) is 42.6 Å². The van der Waals surface area contributed by atoms with E-state index in [-0.39, 0.29) is 5.82 Å². The first-order chi connectivity index (χ1) is 8.58. The Morgan fingerprint density at radius 3 is 2.56 bits per heavy atom. The van der Waals surface area contributed by atoms with Crippen molar-refractivity contribution in [2.75, 3.05) is 11.9 Å². The Morgan fingerprint density at radius 1 is 1.28 bits per heavy atom. The van der Waals surface area contributed by atoms with Gasteiger partial charge in [0.1, 0.15) is 16.6 Å². The van der Waals surface area contributed by atoms with Gasteiger partial charge in [-0.05, 0) is 36.4 Å². The molecule has 0 aliphatic carbocycles. The molecule has 0 saturated carbocycles. The van der Waals surface area contributed by atoms with Crippen LogP contribution in [0.3, 0.4) is 0 Å². The lowest BCUT2D eigenvalue weighted by atomic mass is 10.2. The number of nitrogens with two attached hydrogens (primary N) is 1. The minimum atomic E-state index is -0.267. The lowest BCUT2D eigenvalue weighted by molar-refractivity contribution is 0.628. The molecular weight excluding hydrogens is 249 g/mol. The molecule has 1 heterocycles. The maximum atomic E-state index is 12.9. The third-order valence-electron chi connectivity index (χ3n) is 2.59. The second-order valence-electron chi connectivity index (χ2n) is 3.80. The number of rotatable bonds is 3. The molecule has 2 N–H and O–H groups in total. The van der Waals surface area contributed by atoms with E-state index in [0.717, 1.165) is 11.3 Å². The highest BCUT2D eigenvalue weighted by Crippen LogP contribution is 2.22. The van der Waals surface area contributed by atoms with E-state index in [1.54, 1.807) is 30.5 Å². The van der Waals surface area contributed by atoms with E-state index in [2.05, 4.69) is 4.98 Å². The van der Waals surface area contributed by atoms with Gasteiger partial charge in [0.15, 0.2) is 0 Å². The van der Waals surface area contributed by atoms with E-state index in [9.17, 15) is 4.39 Å². The topological polar surface area (TPSA) is 42.1 Å². The third kappa shape index (κ3) is 2.62. The van der Waals surface area contributed by atoms with Crippen molar-refractivity contribution in [1.29, 1.82) is 0 Å². The number of aromatic nitrogens is 1. The maximum absolute atomic E-state index is 12.9. The quantitative estimate of drug-likeness (QED) is 0.862. The second kappa shape index (κ2) is 5.10. The van der Waals surface area contributed by atoms with E-state index >= 15 is 0 Å². The Labute approximate surface area is 110 Å². The van der Waals surface area contributed by atoms with Gasteiger partial charge in [-0.3, -0.25) is 0 Å². The first kappa shape index (κ1) is 12.4. The molecule has 3 nitrogen and oxygen atoms in total. The van der Waals surface area contributed by atoms with E-state index in [0.29, 0.717) is 10.8 Å². The molecule has 0 radical (unpaired) electrons. The number of nitrogens with zero attached hydrogens (tertiary/aromatic N) is 2. The zero-order valence-corrected chi connectivity index (χ0v) is 10.6. The van der Waals surface area contributed by atoms with Gasteiger partial charge in [0, 0.05) is 24.5 Å². The van der Waals surface area contributed by atoms with Gasteiger partial charge >= 0.3 is 0 Å². The Balaban J connectivity index is 2.33. The summed E-state index contributed by atoms with van der Waals surface area (Å²) in [6.07, 6.45) is 1.64. The summed E-state index contributed by atoms with van der Waals surface area (Å²) in [5.41, 5.74) is 7.17. The van der Waals surface area contributed by atoms with Gasteiger partial charge in [-0.25, -0.2) is 9.37 Å². The first-order valence-electron chi connectivity index (χ1n) is 5.33. The minimum Gasteiger partial charge on any atom is -0.389 e. The van der Waals surface area contributed by atoms with Crippen LogP contribution in [0.5, 0.6) is 0 Å². The molecule has 0 spiro atoms.